The zero-order chi connectivity index (χ0) is 29.9. The largest absolute Gasteiger partial charge is 0.340 e. The van der Waals surface area contributed by atoms with Crippen molar-refractivity contribution in [1.29, 1.82) is 0 Å². The van der Waals surface area contributed by atoms with Gasteiger partial charge in [-0.25, -0.2) is 18.2 Å². The van der Waals surface area contributed by atoms with E-state index in [1.165, 1.54) is 17.7 Å². The molecule has 1 saturated carbocycles. The Balaban J connectivity index is 1.32. The summed E-state index contributed by atoms with van der Waals surface area (Å²) in [6, 6.07) is 5.48. The fraction of sp³-hybridized carbons (Fsp3) is 0.469. The van der Waals surface area contributed by atoms with Crippen molar-refractivity contribution in [3.05, 3.63) is 71.6 Å². The van der Waals surface area contributed by atoms with Crippen LogP contribution in [0.2, 0.25) is 0 Å². The Morgan fingerprint density at radius 2 is 1.93 bits per heavy atom. The second-order valence-corrected chi connectivity index (χ2v) is 12.2. The molecule has 0 spiro atoms. The zero-order valence-electron chi connectivity index (χ0n) is 24.1. The molecule has 2 bridgehead atoms. The Morgan fingerprint density at radius 1 is 1.17 bits per heavy atom. The lowest BCUT2D eigenvalue weighted by molar-refractivity contribution is -0.140. The van der Waals surface area contributed by atoms with E-state index >= 15 is 0 Å². The maximum Gasteiger partial charge on any atom is 0.255 e. The summed E-state index contributed by atoms with van der Waals surface area (Å²) in [5.41, 5.74) is 3.97. The predicted molar refractivity (Wildman–Crippen MR) is 154 cm³/mol. The van der Waals surface area contributed by atoms with E-state index in [0.717, 1.165) is 47.1 Å². The number of halogens is 3. The van der Waals surface area contributed by atoms with E-state index in [-0.39, 0.29) is 29.3 Å². The predicted octanol–water partition coefficient (Wildman–Crippen LogP) is 5.19. The van der Waals surface area contributed by atoms with E-state index in [4.69, 9.17) is 0 Å². The van der Waals surface area contributed by atoms with Gasteiger partial charge in [0, 0.05) is 48.8 Å². The Labute approximate surface area is 243 Å². The first-order valence-electron chi connectivity index (χ1n) is 14.6. The van der Waals surface area contributed by atoms with Crippen molar-refractivity contribution in [2.45, 2.75) is 70.5 Å². The van der Waals surface area contributed by atoms with Crippen LogP contribution >= 0.6 is 0 Å². The molecule has 7 rings (SSSR count). The summed E-state index contributed by atoms with van der Waals surface area (Å²) in [7, 11) is 0. The van der Waals surface area contributed by atoms with E-state index in [9.17, 15) is 22.8 Å². The van der Waals surface area contributed by atoms with Gasteiger partial charge in [0.15, 0.2) is 0 Å². The molecule has 2 amide bonds. The van der Waals surface area contributed by atoms with E-state index < -0.39 is 30.7 Å². The molecule has 5 heterocycles. The molecule has 7 nitrogen and oxygen atoms in total. The molecular formula is C32H36F3N5O2. The number of rotatable bonds is 7. The van der Waals surface area contributed by atoms with Crippen LogP contribution < -0.4 is 5.32 Å². The summed E-state index contributed by atoms with van der Waals surface area (Å²) >= 11 is 0. The average Bonchev–Trinajstić information content (AvgIpc) is 3.30. The van der Waals surface area contributed by atoms with Crippen molar-refractivity contribution in [3.8, 4) is 11.1 Å². The maximum atomic E-state index is 14.5. The van der Waals surface area contributed by atoms with Crippen LogP contribution in [0.3, 0.4) is 0 Å². The molecule has 222 valence electrons. The first-order chi connectivity index (χ1) is 20.0. The average molecular weight is 580 g/mol. The van der Waals surface area contributed by atoms with Crippen molar-refractivity contribution in [1.82, 2.24) is 24.5 Å². The molecule has 4 aliphatic rings. The lowest BCUT2D eigenvalue weighted by atomic mass is 9.72. The monoisotopic (exact) mass is 579 g/mol. The third-order valence-corrected chi connectivity index (χ3v) is 9.18. The first kappa shape index (κ1) is 28.5. The van der Waals surface area contributed by atoms with Crippen LogP contribution in [-0.4, -0.2) is 75.2 Å². The van der Waals surface area contributed by atoms with Gasteiger partial charge in [-0.1, -0.05) is 18.2 Å². The number of hydrogen-bond acceptors (Lipinski definition) is 4. The Morgan fingerprint density at radius 3 is 2.60 bits per heavy atom. The number of nitrogens with one attached hydrogen (secondary N) is 1. The highest BCUT2D eigenvalue weighted by molar-refractivity contribution is 6.03. The summed E-state index contributed by atoms with van der Waals surface area (Å²) < 4.78 is 43.2. The number of hydrogen-bond donors (Lipinski definition) is 1. The van der Waals surface area contributed by atoms with Crippen LogP contribution in [0.4, 0.5) is 13.2 Å². The molecule has 0 radical (unpaired) electrons. The number of likely N-dealkylation sites (tertiary alicyclic amines) is 1. The number of fused-ring (bicyclic) bond motifs is 4. The zero-order valence-corrected chi connectivity index (χ0v) is 24.1. The number of benzene rings is 1. The van der Waals surface area contributed by atoms with Gasteiger partial charge in [0.2, 0.25) is 5.91 Å². The number of amides is 2. The summed E-state index contributed by atoms with van der Waals surface area (Å²) in [5.74, 6) is -0.188. The third-order valence-electron chi connectivity index (χ3n) is 9.18. The molecule has 10 heteroatoms. The number of aryl methyl sites for hydroxylation is 1. The van der Waals surface area contributed by atoms with E-state index in [2.05, 4.69) is 16.9 Å². The molecule has 3 aliphatic heterocycles. The Bertz CT molecular complexity index is 1560. The van der Waals surface area contributed by atoms with Crippen molar-refractivity contribution < 1.29 is 22.8 Å². The van der Waals surface area contributed by atoms with Gasteiger partial charge in [0.1, 0.15) is 11.6 Å². The summed E-state index contributed by atoms with van der Waals surface area (Å²) in [5, 5.41) is 3.52. The minimum absolute atomic E-state index is 0.0197. The highest BCUT2D eigenvalue weighted by Crippen LogP contribution is 2.40. The Kier molecular flexibility index (Phi) is 7.37. The number of pyridine rings is 1. The molecule has 4 fully saturated rings. The van der Waals surface area contributed by atoms with Crippen molar-refractivity contribution in [2.75, 3.05) is 19.6 Å². The van der Waals surface area contributed by atoms with Gasteiger partial charge in [-0.3, -0.25) is 9.59 Å². The smallest absolute Gasteiger partial charge is 0.255 e. The van der Waals surface area contributed by atoms with Gasteiger partial charge in [-0.15, -0.1) is 0 Å². The van der Waals surface area contributed by atoms with Gasteiger partial charge >= 0.3 is 0 Å². The first-order valence-corrected chi connectivity index (χ1v) is 14.6. The topological polar surface area (TPSA) is 70.0 Å². The number of imidazole rings is 1. The van der Waals surface area contributed by atoms with Crippen LogP contribution in [0.15, 0.2) is 48.8 Å². The lowest BCUT2D eigenvalue weighted by Crippen LogP contribution is -2.63. The lowest BCUT2D eigenvalue weighted by Gasteiger charge is -2.48. The molecule has 3 saturated heterocycles. The van der Waals surface area contributed by atoms with Crippen molar-refractivity contribution >= 4 is 17.3 Å². The van der Waals surface area contributed by atoms with Gasteiger partial charge in [-0.2, -0.15) is 0 Å². The number of carbonyl (C=O) groups is 2. The molecule has 0 unspecified atom stereocenters. The standard InChI is InChI=1S/C32H36F3N5O2/c1-17(2)39(16-29(34)35)31(41)27-11-22(33)5-7-25(27)26-10-20(15-40-19(4)36-12-28(26)40)21-13-38(14-21)32(42)30-24-8-6-23(37-30)9-18(24)3/h5,7,10-12,15,17,21,23-24,29-30,37H,3,6,8-9,13-14,16H2,1-2,4H3/t23-,24+,30-/m0/s1. The molecule has 1 aliphatic carbocycles. The number of nitrogens with zero attached hydrogens (tertiary/aromatic N) is 4. The molecule has 42 heavy (non-hydrogen) atoms. The third kappa shape index (κ3) is 4.99. The fourth-order valence-electron chi connectivity index (χ4n) is 6.82. The van der Waals surface area contributed by atoms with Gasteiger partial charge in [-0.05, 0) is 69.4 Å². The number of carbonyl (C=O) groups excluding carboxylic acids is 2. The highest BCUT2D eigenvalue weighted by atomic mass is 19.3. The molecule has 3 aromatic rings. The second kappa shape index (κ2) is 10.9. The number of piperidine rings is 2. The van der Waals surface area contributed by atoms with Crippen LogP contribution in [0.1, 0.15) is 60.8 Å². The molecule has 1 aromatic carbocycles. The van der Waals surface area contributed by atoms with Gasteiger partial charge in [0.25, 0.3) is 12.3 Å². The molecule has 2 aromatic heterocycles. The number of aromatic nitrogens is 2. The maximum absolute atomic E-state index is 14.5. The number of alkyl halides is 2. The quantitative estimate of drug-likeness (QED) is 0.392. The van der Waals surface area contributed by atoms with Gasteiger partial charge in [0.05, 0.1) is 29.9 Å². The Hall–Kier alpha value is -3.66. The van der Waals surface area contributed by atoms with E-state index in [1.807, 2.05) is 28.5 Å². The van der Waals surface area contributed by atoms with Crippen LogP contribution in [0, 0.1) is 18.7 Å². The normalized spacial score (nSPS) is 22.3. The van der Waals surface area contributed by atoms with Crippen LogP contribution in [0.25, 0.3) is 16.6 Å². The minimum Gasteiger partial charge on any atom is -0.340 e. The van der Waals surface area contributed by atoms with E-state index in [0.29, 0.717) is 30.3 Å². The molecular weight excluding hydrogens is 543 g/mol. The second-order valence-electron chi connectivity index (χ2n) is 12.2. The highest BCUT2D eigenvalue weighted by Gasteiger charge is 2.45. The summed E-state index contributed by atoms with van der Waals surface area (Å²) in [6.07, 6.45) is 3.98. The SMILES string of the molecule is C=C1C[C@@H]2CC[C@H]1[C@@H](C(=O)N1CC(c3cc(-c4ccc(F)cc4C(=O)N(CC(F)F)C(C)C)c4cnc(C)n4c3)C1)N2. The summed E-state index contributed by atoms with van der Waals surface area (Å²) in [6.45, 7) is 9.78. The van der Waals surface area contributed by atoms with Crippen molar-refractivity contribution in [3.63, 3.8) is 0 Å². The van der Waals surface area contributed by atoms with E-state index in [1.54, 1.807) is 20.0 Å². The fourth-order valence-corrected chi connectivity index (χ4v) is 6.82. The van der Waals surface area contributed by atoms with Crippen LogP contribution in [0.5, 0.6) is 0 Å². The summed E-state index contributed by atoms with van der Waals surface area (Å²) in [4.78, 5) is 34.4. The van der Waals surface area contributed by atoms with Crippen LogP contribution in [-0.2, 0) is 4.79 Å². The van der Waals surface area contributed by atoms with Crippen molar-refractivity contribution in [2.24, 2.45) is 5.92 Å². The molecule has 1 N–H and O–H groups in total. The molecule has 3 atom stereocenters. The minimum atomic E-state index is -2.72. The van der Waals surface area contributed by atoms with Gasteiger partial charge < -0.3 is 19.5 Å².